The van der Waals surface area contributed by atoms with Gasteiger partial charge in [0.15, 0.2) is 0 Å². The molecule has 0 unspecified atom stereocenters. The summed E-state index contributed by atoms with van der Waals surface area (Å²) in [5, 5.41) is 5.04. The van der Waals surface area contributed by atoms with E-state index < -0.39 is 0 Å². The van der Waals surface area contributed by atoms with Gasteiger partial charge in [0.25, 0.3) is 0 Å². The standard InChI is InChI=1S/C5H5S.Li/c1-5-2-3-6-4-5;/h2,4H,1H3;/q-1;+1. The van der Waals surface area contributed by atoms with E-state index in [2.05, 4.69) is 17.7 Å². The zero-order chi connectivity index (χ0) is 4.41. The maximum absolute atomic E-state index is 2.97. The molecule has 0 aliphatic carbocycles. The van der Waals surface area contributed by atoms with E-state index in [0.29, 0.717) is 0 Å². The average molecular weight is 104 g/mol. The second-order valence-electron chi connectivity index (χ2n) is 1.24. The van der Waals surface area contributed by atoms with E-state index in [9.17, 15) is 0 Å². The fraction of sp³-hybridized carbons (Fsp3) is 0.200. The van der Waals surface area contributed by atoms with E-state index >= 15 is 0 Å². The molecule has 0 N–H and O–H groups in total. The molecule has 0 radical (unpaired) electrons. The van der Waals surface area contributed by atoms with Crippen LogP contribution in [0.15, 0.2) is 11.4 Å². The molecular weight excluding hydrogens is 99.1 g/mol. The number of hydrogen-bond donors (Lipinski definition) is 0. The zero-order valence-electron chi connectivity index (χ0n) is 4.56. The maximum Gasteiger partial charge on any atom is 1.00 e. The van der Waals surface area contributed by atoms with Crippen LogP contribution in [0.5, 0.6) is 0 Å². The van der Waals surface area contributed by atoms with Crippen molar-refractivity contribution in [1.82, 2.24) is 0 Å². The Morgan fingerprint density at radius 3 is 2.57 bits per heavy atom. The summed E-state index contributed by atoms with van der Waals surface area (Å²) >= 11 is 1.61. The van der Waals surface area contributed by atoms with Gasteiger partial charge in [0, 0.05) is 0 Å². The van der Waals surface area contributed by atoms with Gasteiger partial charge in [0.1, 0.15) is 0 Å². The molecule has 1 rings (SSSR count). The summed E-state index contributed by atoms with van der Waals surface area (Å²) in [6, 6.07) is 1.98. The minimum atomic E-state index is 0. The topological polar surface area (TPSA) is 0 Å². The molecule has 0 fully saturated rings. The first kappa shape index (κ1) is 7.30. The van der Waals surface area contributed by atoms with Gasteiger partial charge in [-0.15, -0.1) is 5.38 Å². The van der Waals surface area contributed by atoms with Crippen LogP contribution in [0.25, 0.3) is 0 Å². The Labute approximate surface area is 59.7 Å². The number of hydrogen-bond acceptors (Lipinski definition) is 1. The summed E-state index contributed by atoms with van der Waals surface area (Å²) in [5.41, 5.74) is 1.31. The van der Waals surface area contributed by atoms with Crippen LogP contribution in [-0.2, 0) is 0 Å². The van der Waals surface area contributed by atoms with E-state index in [1.807, 2.05) is 6.07 Å². The maximum atomic E-state index is 2.97. The molecule has 0 saturated heterocycles. The van der Waals surface area contributed by atoms with Gasteiger partial charge in [-0.2, -0.15) is 17.0 Å². The van der Waals surface area contributed by atoms with Crippen molar-refractivity contribution in [3.8, 4) is 0 Å². The molecule has 0 atom stereocenters. The smallest absolute Gasteiger partial charge is 0.304 e. The number of thiophene rings is 1. The first-order chi connectivity index (χ1) is 2.89. The SMILES string of the molecule is Cc1c[c-]sc1.[Li+]. The third-order valence-corrected chi connectivity index (χ3v) is 1.34. The van der Waals surface area contributed by atoms with Crippen molar-refractivity contribution in [2.45, 2.75) is 6.92 Å². The van der Waals surface area contributed by atoms with E-state index in [0.717, 1.165) is 0 Å². The molecule has 7 heavy (non-hydrogen) atoms. The summed E-state index contributed by atoms with van der Waals surface area (Å²) in [6.45, 7) is 2.06. The van der Waals surface area contributed by atoms with Crippen molar-refractivity contribution < 1.29 is 18.9 Å². The van der Waals surface area contributed by atoms with Crippen LogP contribution >= 0.6 is 11.3 Å². The predicted molar refractivity (Wildman–Crippen MR) is 27.9 cm³/mol. The molecule has 1 heterocycles. The molecule has 0 aliphatic rings. The normalized spacial score (nSPS) is 7.57. The summed E-state index contributed by atoms with van der Waals surface area (Å²) < 4.78 is 0. The van der Waals surface area contributed by atoms with Gasteiger partial charge in [-0.05, 0) is 0 Å². The molecule has 1 aromatic rings. The molecule has 0 spiro atoms. The van der Waals surface area contributed by atoms with Gasteiger partial charge in [0.2, 0.25) is 0 Å². The summed E-state index contributed by atoms with van der Waals surface area (Å²) in [6.07, 6.45) is 0. The van der Waals surface area contributed by atoms with Gasteiger partial charge in [-0.25, -0.2) is 0 Å². The molecule has 0 bridgehead atoms. The Kier molecular flexibility index (Phi) is 3.46. The number of rotatable bonds is 0. The predicted octanol–water partition coefficient (Wildman–Crippen LogP) is -1.14. The number of aryl methyl sites for hydroxylation is 1. The first-order valence-corrected chi connectivity index (χ1v) is 2.69. The fourth-order valence-corrected chi connectivity index (χ4v) is 0.864. The Morgan fingerprint density at radius 2 is 2.43 bits per heavy atom. The quantitative estimate of drug-likeness (QED) is 0.288. The molecule has 32 valence electrons. The Balaban J connectivity index is 0.000000360. The van der Waals surface area contributed by atoms with E-state index in [4.69, 9.17) is 0 Å². The minimum absolute atomic E-state index is 0. The Bertz CT molecular complexity index is 112. The van der Waals surface area contributed by atoms with Crippen molar-refractivity contribution in [2.24, 2.45) is 0 Å². The molecule has 0 nitrogen and oxygen atoms in total. The molecule has 2 heteroatoms. The van der Waals surface area contributed by atoms with Gasteiger partial charge in [-0.1, -0.05) is 6.92 Å². The van der Waals surface area contributed by atoms with E-state index in [1.54, 1.807) is 11.3 Å². The monoisotopic (exact) mass is 104 g/mol. The molecule has 1 aromatic heterocycles. The van der Waals surface area contributed by atoms with E-state index in [-0.39, 0.29) is 18.9 Å². The minimum Gasteiger partial charge on any atom is -0.304 e. The summed E-state index contributed by atoms with van der Waals surface area (Å²) in [7, 11) is 0. The second-order valence-corrected chi connectivity index (χ2v) is 1.95. The molecule has 0 aromatic carbocycles. The van der Waals surface area contributed by atoms with Crippen LogP contribution in [0.3, 0.4) is 0 Å². The van der Waals surface area contributed by atoms with Crippen LogP contribution in [-0.4, -0.2) is 0 Å². The van der Waals surface area contributed by atoms with Gasteiger partial charge in [0.05, 0.1) is 0 Å². The van der Waals surface area contributed by atoms with E-state index in [1.165, 1.54) is 5.56 Å². The van der Waals surface area contributed by atoms with Crippen LogP contribution in [0, 0.1) is 12.3 Å². The van der Waals surface area contributed by atoms with Crippen molar-refractivity contribution in [2.75, 3.05) is 0 Å². The summed E-state index contributed by atoms with van der Waals surface area (Å²) in [5.74, 6) is 0. The molecule has 0 amide bonds. The first-order valence-electron chi connectivity index (χ1n) is 1.81. The second kappa shape index (κ2) is 3.32. The van der Waals surface area contributed by atoms with Gasteiger partial charge >= 0.3 is 18.9 Å². The zero-order valence-corrected chi connectivity index (χ0v) is 5.38. The van der Waals surface area contributed by atoms with Crippen LogP contribution < -0.4 is 18.9 Å². The molecule has 0 saturated carbocycles. The molecular formula is C5H5LiS. The van der Waals surface area contributed by atoms with Crippen molar-refractivity contribution >= 4 is 11.3 Å². The summed E-state index contributed by atoms with van der Waals surface area (Å²) in [4.78, 5) is 0. The Hall–Kier alpha value is 0.297. The van der Waals surface area contributed by atoms with Gasteiger partial charge < -0.3 is 11.3 Å². The van der Waals surface area contributed by atoms with Crippen LogP contribution in [0.4, 0.5) is 0 Å². The van der Waals surface area contributed by atoms with Crippen LogP contribution in [0.1, 0.15) is 5.56 Å². The third kappa shape index (κ3) is 2.18. The molecule has 0 aliphatic heterocycles. The van der Waals surface area contributed by atoms with Gasteiger partial charge in [-0.3, -0.25) is 0 Å². The van der Waals surface area contributed by atoms with Crippen LogP contribution in [0.2, 0.25) is 0 Å². The Morgan fingerprint density at radius 1 is 1.71 bits per heavy atom. The van der Waals surface area contributed by atoms with Crippen molar-refractivity contribution in [1.29, 1.82) is 0 Å². The average Bonchev–Trinajstić information content (AvgIpc) is 1.86. The van der Waals surface area contributed by atoms with Crippen molar-refractivity contribution in [3.05, 3.63) is 22.4 Å². The third-order valence-electron chi connectivity index (χ3n) is 0.599. The largest absolute Gasteiger partial charge is 1.00 e. The van der Waals surface area contributed by atoms with Crippen molar-refractivity contribution in [3.63, 3.8) is 0 Å². The fourth-order valence-electron chi connectivity index (χ4n) is 0.288.